The van der Waals surface area contributed by atoms with Crippen LogP contribution in [0.3, 0.4) is 0 Å². The van der Waals surface area contributed by atoms with Crippen LogP contribution in [0.15, 0.2) is 35.1 Å². The number of aryl methyl sites for hydroxylation is 2. The molecule has 0 saturated carbocycles. The molecule has 0 aliphatic rings. The van der Waals surface area contributed by atoms with Gasteiger partial charge in [-0.3, -0.25) is 4.79 Å². The van der Waals surface area contributed by atoms with Crippen LogP contribution in [-0.4, -0.2) is 19.6 Å². The van der Waals surface area contributed by atoms with Crippen LogP contribution in [-0.2, 0) is 12.8 Å². The molecule has 0 aliphatic heterocycles. The predicted octanol–water partition coefficient (Wildman–Crippen LogP) is 4.16. The largest absolute Gasteiger partial charge is 0.303 e. The molecule has 5 nitrogen and oxygen atoms in total. The molecule has 0 spiro atoms. The molecule has 1 aromatic carbocycles. The van der Waals surface area contributed by atoms with Crippen molar-refractivity contribution >= 4 is 5.52 Å². The Bertz CT molecular complexity index is 880. The van der Waals surface area contributed by atoms with Crippen LogP contribution in [0, 0.1) is 0 Å². The highest BCUT2D eigenvalue weighted by atomic mass is 16.1. The number of nitrogens with one attached hydrogen (secondary N) is 1. The number of aromatic amines is 1. The summed E-state index contributed by atoms with van der Waals surface area (Å²) in [6.07, 6.45) is 7.63. The van der Waals surface area contributed by atoms with Gasteiger partial charge in [-0.15, -0.1) is 5.10 Å². The van der Waals surface area contributed by atoms with E-state index in [1.54, 1.807) is 4.52 Å². The highest BCUT2D eigenvalue weighted by Crippen LogP contribution is 2.16. The van der Waals surface area contributed by atoms with Gasteiger partial charge in [-0.1, -0.05) is 69.9 Å². The molecule has 1 N–H and O–H groups in total. The van der Waals surface area contributed by atoms with Crippen molar-refractivity contribution in [3.63, 3.8) is 0 Å². The Morgan fingerprint density at radius 3 is 2.52 bits per heavy atom. The zero-order valence-corrected chi connectivity index (χ0v) is 15.1. The fraction of sp³-hybridized carbons (Fsp3) is 0.450. The van der Waals surface area contributed by atoms with Gasteiger partial charge in [0.25, 0.3) is 5.56 Å². The molecule has 0 aliphatic carbocycles. The van der Waals surface area contributed by atoms with E-state index in [0.29, 0.717) is 11.3 Å². The average molecular weight is 338 g/mol. The number of nitrogens with zero attached hydrogens (tertiary/aromatic N) is 3. The average Bonchev–Trinajstić information content (AvgIpc) is 3.01. The van der Waals surface area contributed by atoms with Gasteiger partial charge in [-0.2, -0.15) is 0 Å². The molecule has 5 heteroatoms. The van der Waals surface area contributed by atoms with E-state index in [9.17, 15) is 4.79 Å². The lowest BCUT2D eigenvalue weighted by molar-refractivity contribution is 0.616. The number of fused-ring (bicyclic) bond motifs is 1. The monoisotopic (exact) mass is 338 g/mol. The Morgan fingerprint density at radius 2 is 1.80 bits per heavy atom. The van der Waals surface area contributed by atoms with E-state index in [1.165, 1.54) is 25.7 Å². The van der Waals surface area contributed by atoms with Crippen molar-refractivity contribution < 1.29 is 0 Å². The third-order valence-electron chi connectivity index (χ3n) is 4.53. The van der Waals surface area contributed by atoms with Crippen LogP contribution < -0.4 is 5.56 Å². The maximum atomic E-state index is 12.6. The lowest BCUT2D eigenvalue weighted by atomic mass is 10.1. The third-order valence-corrected chi connectivity index (χ3v) is 4.53. The third kappa shape index (κ3) is 3.81. The van der Waals surface area contributed by atoms with Gasteiger partial charge in [-0.05, 0) is 12.8 Å². The second kappa shape index (κ2) is 8.10. The first kappa shape index (κ1) is 17.4. The molecule has 0 fully saturated rings. The van der Waals surface area contributed by atoms with Gasteiger partial charge in [0.15, 0.2) is 11.3 Å². The summed E-state index contributed by atoms with van der Waals surface area (Å²) in [5.74, 6) is 1.48. The van der Waals surface area contributed by atoms with E-state index in [2.05, 4.69) is 17.0 Å². The maximum Gasteiger partial charge on any atom is 0.277 e. The number of H-pyrrole nitrogens is 1. The van der Waals surface area contributed by atoms with Crippen molar-refractivity contribution in [2.24, 2.45) is 0 Å². The number of hydrogen-bond donors (Lipinski definition) is 1. The van der Waals surface area contributed by atoms with Crippen molar-refractivity contribution in [2.45, 2.75) is 58.8 Å². The zero-order valence-electron chi connectivity index (χ0n) is 15.1. The van der Waals surface area contributed by atoms with Gasteiger partial charge in [0.05, 0.1) is 5.69 Å². The SMILES string of the molecule is CCCCCCCc1nc(CC)c2c(=O)[nH]c(-c3ccccc3)nn12. The smallest absolute Gasteiger partial charge is 0.277 e. The van der Waals surface area contributed by atoms with E-state index in [-0.39, 0.29) is 5.56 Å². The Kier molecular flexibility index (Phi) is 5.64. The number of aromatic nitrogens is 4. The highest BCUT2D eigenvalue weighted by molar-refractivity contribution is 5.57. The van der Waals surface area contributed by atoms with Gasteiger partial charge in [0, 0.05) is 12.0 Å². The normalized spacial score (nSPS) is 11.3. The molecule has 3 aromatic rings. The molecule has 0 amide bonds. The van der Waals surface area contributed by atoms with Crippen LogP contribution in [0.25, 0.3) is 16.9 Å². The van der Waals surface area contributed by atoms with Crippen LogP contribution in [0.2, 0.25) is 0 Å². The van der Waals surface area contributed by atoms with Crippen LogP contribution >= 0.6 is 0 Å². The van der Waals surface area contributed by atoms with E-state index < -0.39 is 0 Å². The lowest BCUT2D eigenvalue weighted by Crippen LogP contribution is -2.15. The maximum absolute atomic E-state index is 12.6. The fourth-order valence-electron chi connectivity index (χ4n) is 3.15. The molecular formula is C20H26N4O. The lowest BCUT2D eigenvalue weighted by Gasteiger charge is -2.04. The minimum Gasteiger partial charge on any atom is -0.303 e. The van der Waals surface area contributed by atoms with Gasteiger partial charge in [-0.25, -0.2) is 9.50 Å². The van der Waals surface area contributed by atoms with Crippen molar-refractivity contribution in [2.75, 3.05) is 0 Å². The van der Waals surface area contributed by atoms with Crippen molar-refractivity contribution in [1.29, 1.82) is 0 Å². The Balaban J connectivity index is 1.96. The zero-order chi connectivity index (χ0) is 17.6. The molecular weight excluding hydrogens is 312 g/mol. The molecule has 0 atom stereocenters. The quantitative estimate of drug-likeness (QED) is 0.627. The molecule has 2 aromatic heterocycles. The van der Waals surface area contributed by atoms with Gasteiger partial charge < -0.3 is 4.98 Å². The summed E-state index contributed by atoms with van der Waals surface area (Å²) >= 11 is 0. The van der Waals surface area contributed by atoms with Crippen molar-refractivity contribution in [1.82, 2.24) is 19.6 Å². The highest BCUT2D eigenvalue weighted by Gasteiger charge is 2.16. The molecule has 2 heterocycles. The number of benzene rings is 1. The fourth-order valence-corrected chi connectivity index (χ4v) is 3.15. The minimum absolute atomic E-state index is 0.115. The molecule has 0 radical (unpaired) electrons. The first-order chi connectivity index (χ1) is 12.2. The number of unbranched alkanes of at least 4 members (excludes halogenated alkanes) is 4. The summed E-state index contributed by atoms with van der Waals surface area (Å²) in [4.78, 5) is 20.2. The second-order valence-electron chi connectivity index (χ2n) is 6.42. The van der Waals surface area contributed by atoms with Gasteiger partial charge in [0.1, 0.15) is 5.82 Å². The van der Waals surface area contributed by atoms with Crippen molar-refractivity contribution in [3.8, 4) is 11.4 Å². The molecule has 25 heavy (non-hydrogen) atoms. The van der Waals surface area contributed by atoms with E-state index in [1.807, 2.05) is 37.3 Å². The standard InChI is InChI=1S/C20H26N4O/c1-3-5-6-7-11-14-17-21-16(4-2)18-20(25)22-19(23-24(17)18)15-12-9-8-10-13-15/h8-10,12-13H,3-7,11,14H2,1-2H3,(H,22,23,25). The molecule has 0 saturated heterocycles. The molecule has 0 bridgehead atoms. The number of rotatable bonds is 8. The van der Waals surface area contributed by atoms with E-state index in [4.69, 9.17) is 4.98 Å². The summed E-state index contributed by atoms with van der Waals surface area (Å²) in [6.45, 7) is 4.24. The summed E-state index contributed by atoms with van der Waals surface area (Å²) < 4.78 is 1.76. The molecule has 3 rings (SSSR count). The number of imidazole rings is 1. The Hall–Kier alpha value is -2.43. The van der Waals surface area contributed by atoms with Crippen LogP contribution in [0.4, 0.5) is 0 Å². The van der Waals surface area contributed by atoms with Crippen LogP contribution in [0.1, 0.15) is 57.5 Å². The first-order valence-corrected chi connectivity index (χ1v) is 9.30. The number of hydrogen-bond acceptors (Lipinski definition) is 3. The van der Waals surface area contributed by atoms with Crippen LogP contribution in [0.5, 0.6) is 0 Å². The second-order valence-corrected chi connectivity index (χ2v) is 6.42. The van der Waals surface area contributed by atoms with Gasteiger partial charge >= 0.3 is 0 Å². The summed E-state index contributed by atoms with van der Waals surface area (Å²) in [7, 11) is 0. The summed E-state index contributed by atoms with van der Waals surface area (Å²) in [5.41, 5.74) is 2.21. The Labute approximate surface area is 148 Å². The van der Waals surface area contributed by atoms with E-state index in [0.717, 1.165) is 36.3 Å². The predicted molar refractivity (Wildman–Crippen MR) is 101 cm³/mol. The van der Waals surface area contributed by atoms with E-state index >= 15 is 0 Å². The first-order valence-electron chi connectivity index (χ1n) is 9.30. The molecule has 132 valence electrons. The summed E-state index contributed by atoms with van der Waals surface area (Å²) in [6, 6.07) is 9.74. The van der Waals surface area contributed by atoms with Gasteiger partial charge in [0.2, 0.25) is 0 Å². The minimum atomic E-state index is -0.115. The summed E-state index contributed by atoms with van der Waals surface area (Å²) in [5, 5.41) is 4.69. The van der Waals surface area contributed by atoms with Crippen molar-refractivity contribution in [3.05, 3.63) is 52.2 Å². The molecule has 0 unspecified atom stereocenters. The Morgan fingerprint density at radius 1 is 1.04 bits per heavy atom. The topological polar surface area (TPSA) is 63.0 Å².